The van der Waals surface area contributed by atoms with Gasteiger partial charge in [0.15, 0.2) is 15.7 Å². The average Bonchev–Trinajstić information content (AvgIpc) is 2.68. The highest BCUT2D eigenvalue weighted by atomic mass is 35.5. The summed E-state index contributed by atoms with van der Waals surface area (Å²) in [6.45, 7) is 0. The fourth-order valence-electron chi connectivity index (χ4n) is 3.63. The molecule has 0 radical (unpaired) electrons. The highest BCUT2D eigenvalue weighted by Gasteiger charge is 2.31. The predicted octanol–water partition coefficient (Wildman–Crippen LogP) is 3.73. The second-order valence-electron chi connectivity index (χ2n) is 7.32. The van der Waals surface area contributed by atoms with E-state index in [2.05, 4.69) is 15.3 Å². The monoisotopic (exact) mass is 445 g/mol. The molecule has 1 atom stereocenters. The van der Waals surface area contributed by atoms with Gasteiger partial charge in [0.2, 0.25) is 0 Å². The van der Waals surface area contributed by atoms with Gasteiger partial charge in [0, 0.05) is 16.6 Å². The van der Waals surface area contributed by atoms with E-state index < -0.39 is 15.8 Å². The number of rotatable bonds is 5. The molecule has 2 heterocycles. The van der Waals surface area contributed by atoms with Crippen LogP contribution in [0.25, 0.3) is 0 Å². The maximum absolute atomic E-state index is 12.8. The molecule has 30 heavy (non-hydrogen) atoms. The lowest BCUT2D eigenvalue weighted by atomic mass is 9.99. The van der Waals surface area contributed by atoms with Gasteiger partial charge >= 0.3 is 5.97 Å². The van der Waals surface area contributed by atoms with Crippen LogP contribution in [0.3, 0.4) is 0 Å². The van der Waals surface area contributed by atoms with Crippen LogP contribution in [-0.2, 0) is 27.5 Å². The number of fused-ring (bicyclic) bond motifs is 1. The van der Waals surface area contributed by atoms with Crippen LogP contribution in [0.1, 0.15) is 35.8 Å². The van der Waals surface area contributed by atoms with Gasteiger partial charge in [0.05, 0.1) is 17.9 Å². The van der Waals surface area contributed by atoms with E-state index in [0.29, 0.717) is 47.1 Å². The van der Waals surface area contributed by atoms with E-state index >= 15 is 0 Å². The van der Waals surface area contributed by atoms with E-state index in [4.69, 9.17) is 16.7 Å². The van der Waals surface area contributed by atoms with Crippen molar-refractivity contribution in [3.8, 4) is 0 Å². The van der Waals surface area contributed by atoms with Crippen LogP contribution in [0.4, 0.5) is 11.5 Å². The number of hydrogen-bond donors (Lipinski definition) is 2. The summed E-state index contributed by atoms with van der Waals surface area (Å²) >= 11 is 6.14. The number of benzene rings is 1. The van der Waals surface area contributed by atoms with Crippen LogP contribution in [0, 0.1) is 0 Å². The van der Waals surface area contributed by atoms with Gasteiger partial charge < -0.3 is 10.4 Å². The summed E-state index contributed by atoms with van der Waals surface area (Å²) in [7, 11) is -3.50. The van der Waals surface area contributed by atoms with E-state index in [9.17, 15) is 13.2 Å². The van der Waals surface area contributed by atoms with Crippen LogP contribution in [0.15, 0.2) is 52.4 Å². The number of sulfone groups is 1. The summed E-state index contributed by atoms with van der Waals surface area (Å²) in [5, 5.41) is 12.6. The van der Waals surface area contributed by atoms with Crippen molar-refractivity contribution in [2.24, 2.45) is 0 Å². The number of carboxylic acid groups (broad SMARTS) is 1. The summed E-state index contributed by atoms with van der Waals surface area (Å²) in [5.41, 5.74) is 1.80. The molecule has 0 spiro atoms. The number of aryl methyl sites for hydroxylation is 1. The molecule has 1 aromatic heterocycles. The molecule has 1 aliphatic heterocycles. The lowest BCUT2D eigenvalue weighted by Gasteiger charge is -2.22. The lowest BCUT2D eigenvalue weighted by molar-refractivity contribution is -0.136. The molecule has 1 unspecified atom stereocenters. The van der Waals surface area contributed by atoms with Crippen LogP contribution in [0.2, 0.25) is 0 Å². The fraction of sp³-hybridized carbons (Fsp3) is 0.286. The summed E-state index contributed by atoms with van der Waals surface area (Å²) in [5.74, 6) is -0.203. The normalized spacial score (nSPS) is 19.6. The molecule has 0 saturated heterocycles. The molecule has 0 saturated carbocycles. The molecule has 0 amide bonds. The van der Waals surface area contributed by atoms with E-state index in [1.807, 2.05) is 18.2 Å². The quantitative estimate of drug-likeness (QED) is 0.721. The molecule has 0 bridgehead atoms. The number of allylic oxidation sites excluding steroid dienone is 4. The minimum atomic E-state index is -3.50. The number of anilines is 2. The first-order valence-corrected chi connectivity index (χ1v) is 11.6. The third kappa shape index (κ3) is 4.39. The standard InChI is InChI=1S/C21H20ClN3O4S/c22-15-4-1-3-14(12-15)20-24-17-5-2-10-30(28,29)19(17)21(25-20)23-16-8-6-13(7-9-16)11-18(26)27/h1,4,6-9,12,14H,2-3,5,10-11H2,(H,26,27)(H,23,24,25). The van der Waals surface area contributed by atoms with Crippen LogP contribution >= 0.6 is 11.6 Å². The molecule has 4 rings (SSSR count). The molecule has 1 aliphatic carbocycles. The Bertz CT molecular complexity index is 1160. The molecule has 2 aliphatic rings. The first-order valence-electron chi connectivity index (χ1n) is 9.57. The van der Waals surface area contributed by atoms with E-state index in [0.717, 1.165) is 0 Å². The second-order valence-corrected chi connectivity index (χ2v) is 9.80. The van der Waals surface area contributed by atoms with Gasteiger partial charge in [-0.15, -0.1) is 0 Å². The third-order valence-electron chi connectivity index (χ3n) is 5.02. The Morgan fingerprint density at radius 3 is 2.70 bits per heavy atom. The van der Waals surface area contributed by atoms with Gasteiger partial charge in [0.25, 0.3) is 0 Å². The average molecular weight is 446 g/mol. The van der Waals surface area contributed by atoms with Crippen molar-refractivity contribution >= 4 is 38.9 Å². The van der Waals surface area contributed by atoms with Crippen LogP contribution in [-0.4, -0.2) is 35.2 Å². The molecule has 2 N–H and O–H groups in total. The van der Waals surface area contributed by atoms with Crippen LogP contribution in [0.5, 0.6) is 0 Å². The maximum atomic E-state index is 12.8. The highest BCUT2D eigenvalue weighted by molar-refractivity contribution is 7.91. The molecule has 7 nitrogen and oxygen atoms in total. The third-order valence-corrected chi connectivity index (χ3v) is 7.15. The second kappa shape index (κ2) is 8.20. The Morgan fingerprint density at radius 2 is 2.00 bits per heavy atom. The first-order chi connectivity index (χ1) is 14.3. The van der Waals surface area contributed by atoms with Crippen molar-refractivity contribution in [1.82, 2.24) is 9.97 Å². The number of aromatic nitrogens is 2. The number of nitrogens with zero attached hydrogens (tertiary/aromatic N) is 2. The largest absolute Gasteiger partial charge is 0.481 e. The van der Waals surface area contributed by atoms with Crippen molar-refractivity contribution in [2.75, 3.05) is 11.1 Å². The van der Waals surface area contributed by atoms with Crippen molar-refractivity contribution in [2.45, 2.75) is 36.5 Å². The Morgan fingerprint density at radius 1 is 1.23 bits per heavy atom. The van der Waals surface area contributed by atoms with E-state index in [1.165, 1.54) is 0 Å². The SMILES string of the molecule is O=C(O)Cc1ccc(Nc2nc(C3C=C(Cl)C=CC3)nc3c2S(=O)(=O)CCC3)cc1. The predicted molar refractivity (Wildman–Crippen MR) is 114 cm³/mol. The van der Waals surface area contributed by atoms with Gasteiger partial charge in [0.1, 0.15) is 10.7 Å². The molecule has 9 heteroatoms. The lowest BCUT2D eigenvalue weighted by Crippen LogP contribution is -2.22. The van der Waals surface area contributed by atoms with Gasteiger partial charge in [-0.2, -0.15) is 0 Å². The molecule has 156 valence electrons. The number of halogens is 1. The Kier molecular flexibility index (Phi) is 5.62. The number of carboxylic acids is 1. The molecular formula is C21H20ClN3O4S. The van der Waals surface area contributed by atoms with Crippen molar-refractivity contribution in [3.05, 3.63) is 64.6 Å². The summed E-state index contributed by atoms with van der Waals surface area (Å²) in [6.07, 6.45) is 7.33. The van der Waals surface area contributed by atoms with Gasteiger partial charge in [-0.3, -0.25) is 4.79 Å². The van der Waals surface area contributed by atoms with Crippen molar-refractivity contribution in [3.63, 3.8) is 0 Å². The van der Waals surface area contributed by atoms with Gasteiger partial charge in [-0.1, -0.05) is 35.9 Å². The molecule has 0 fully saturated rings. The Balaban J connectivity index is 1.74. The minimum Gasteiger partial charge on any atom is -0.481 e. The van der Waals surface area contributed by atoms with E-state index in [-0.39, 0.29) is 28.8 Å². The van der Waals surface area contributed by atoms with Gasteiger partial charge in [-0.25, -0.2) is 18.4 Å². The molecular weight excluding hydrogens is 426 g/mol. The fourth-order valence-corrected chi connectivity index (χ4v) is 5.50. The molecule has 2 aromatic rings. The Labute approximate surface area is 179 Å². The van der Waals surface area contributed by atoms with E-state index in [1.54, 1.807) is 24.3 Å². The maximum Gasteiger partial charge on any atom is 0.307 e. The zero-order chi connectivity index (χ0) is 21.3. The molecule has 1 aromatic carbocycles. The van der Waals surface area contributed by atoms with Crippen molar-refractivity contribution in [1.29, 1.82) is 0 Å². The topological polar surface area (TPSA) is 109 Å². The number of hydrogen-bond acceptors (Lipinski definition) is 6. The summed E-state index contributed by atoms with van der Waals surface area (Å²) < 4.78 is 25.5. The smallest absolute Gasteiger partial charge is 0.307 e. The Hall–Kier alpha value is -2.71. The summed E-state index contributed by atoms with van der Waals surface area (Å²) in [6, 6.07) is 6.80. The van der Waals surface area contributed by atoms with Gasteiger partial charge in [-0.05, 0) is 43.0 Å². The first kappa shape index (κ1) is 20.6. The zero-order valence-electron chi connectivity index (χ0n) is 16.0. The number of aliphatic carboxylic acids is 1. The van der Waals surface area contributed by atoms with Crippen LogP contribution < -0.4 is 5.32 Å². The minimum absolute atomic E-state index is 0.0623. The summed E-state index contributed by atoms with van der Waals surface area (Å²) in [4.78, 5) is 20.2. The number of carbonyl (C=O) groups is 1. The number of nitrogens with one attached hydrogen (secondary N) is 1. The van der Waals surface area contributed by atoms with Crippen molar-refractivity contribution < 1.29 is 18.3 Å². The zero-order valence-corrected chi connectivity index (χ0v) is 17.6. The highest BCUT2D eigenvalue weighted by Crippen LogP contribution is 2.35.